The van der Waals surface area contributed by atoms with Crippen molar-refractivity contribution in [2.75, 3.05) is 22.9 Å². The molecule has 0 saturated heterocycles. The van der Waals surface area contributed by atoms with E-state index in [2.05, 4.69) is 27.3 Å². The molecule has 1 amide bonds. The Kier molecular flexibility index (Phi) is 3.11. The first-order valence-corrected chi connectivity index (χ1v) is 8.04. The minimum Gasteiger partial charge on any atom is -0.311 e. The summed E-state index contributed by atoms with van der Waals surface area (Å²) in [7, 11) is 0. The zero-order valence-corrected chi connectivity index (χ0v) is 13.4. The van der Waals surface area contributed by atoms with E-state index in [0.29, 0.717) is 6.54 Å². The number of anilines is 3. The van der Waals surface area contributed by atoms with Crippen LogP contribution in [0.15, 0.2) is 24.3 Å². The third-order valence-electron chi connectivity index (χ3n) is 4.79. The monoisotopic (exact) mass is 312 g/mol. The lowest BCUT2D eigenvalue weighted by atomic mass is 10.2. The number of hydrogen-bond acceptors (Lipinski definition) is 5. The first-order valence-electron chi connectivity index (χ1n) is 8.04. The fourth-order valence-electron chi connectivity index (χ4n) is 3.18. The molecule has 2 heterocycles. The van der Waals surface area contributed by atoms with Crippen molar-refractivity contribution < 1.29 is 4.79 Å². The highest BCUT2D eigenvalue weighted by atomic mass is 16.2. The van der Waals surface area contributed by atoms with Gasteiger partial charge in [-0.1, -0.05) is 17.2 Å². The maximum atomic E-state index is 12.0. The molecular formula is C16H20N6O. The average molecular weight is 312 g/mol. The highest BCUT2D eigenvalue weighted by molar-refractivity contribution is 5.96. The van der Waals surface area contributed by atoms with Gasteiger partial charge >= 0.3 is 0 Å². The number of rotatable bonds is 2. The van der Waals surface area contributed by atoms with Gasteiger partial charge in [0.05, 0.1) is 16.9 Å². The van der Waals surface area contributed by atoms with E-state index < -0.39 is 0 Å². The van der Waals surface area contributed by atoms with E-state index >= 15 is 0 Å². The third kappa shape index (κ3) is 2.27. The second kappa shape index (κ2) is 5.04. The van der Waals surface area contributed by atoms with Gasteiger partial charge in [0, 0.05) is 20.0 Å². The lowest BCUT2D eigenvalue weighted by molar-refractivity contribution is -0.116. The molecule has 1 aromatic carbocycles. The number of fused-ring (bicyclic) bond motifs is 1. The molecule has 1 aromatic heterocycles. The molecule has 0 bridgehead atoms. The molecule has 0 spiro atoms. The Morgan fingerprint density at radius 1 is 1.17 bits per heavy atom. The van der Waals surface area contributed by atoms with Gasteiger partial charge in [0.15, 0.2) is 0 Å². The van der Waals surface area contributed by atoms with Crippen LogP contribution in [0.3, 0.4) is 0 Å². The Hall–Kier alpha value is -2.44. The van der Waals surface area contributed by atoms with E-state index in [1.165, 1.54) is 0 Å². The minimum atomic E-state index is 0.0281. The summed E-state index contributed by atoms with van der Waals surface area (Å²) in [5.41, 5.74) is 1.94. The average Bonchev–Trinajstić information content (AvgIpc) is 3.15. The van der Waals surface area contributed by atoms with Gasteiger partial charge in [-0.25, -0.2) is 4.68 Å². The second-order valence-corrected chi connectivity index (χ2v) is 6.55. The summed E-state index contributed by atoms with van der Waals surface area (Å²) in [5.74, 6) is 0.830. The third-order valence-corrected chi connectivity index (χ3v) is 4.79. The number of tetrazole rings is 1. The van der Waals surface area contributed by atoms with Crippen LogP contribution in [-0.2, 0) is 10.3 Å². The van der Waals surface area contributed by atoms with Crippen LogP contribution in [0.1, 0.15) is 33.1 Å². The Morgan fingerprint density at radius 3 is 2.61 bits per heavy atom. The number of para-hydroxylation sites is 2. The van der Waals surface area contributed by atoms with E-state index in [9.17, 15) is 4.79 Å². The van der Waals surface area contributed by atoms with Crippen LogP contribution < -0.4 is 9.80 Å². The predicted molar refractivity (Wildman–Crippen MR) is 86.8 cm³/mol. The summed E-state index contributed by atoms with van der Waals surface area (Å²) in [6, 6.07) is 7.97. The van der Waals surface area contributed by atoms with E-state index in [1.807, 2.05) is 33.8 Å². The molecule has 4 rings (SSSR count). The van der Waals surface area contributed by atoms with Crippen molar-refractivity contribution in [2.24, 2.45) is 0 Å². The quantitative estimate of drug-likeness (QED) is 0.849. The van der Waals surface area contributed by atoms with Gasteiger partial charge in [-0.15, -0.1) is 0 Å². The molecule has 23 heavy (non-hydrogen) atoms. The van der Waals surface area contributed by atoms with Gasteiger partial charge in [0.25, 0.3) is 5.95 Å². The van der Waals surface area contributed by atoms with Crippen molar-refractivity contribution in [2.45, 2.75) is 38.6 Å². The molecule has 120 valence electrons. The number of carbonyl (C=O) groups is 1. The number of nitrogens with zero attached hydrogens (tertiary/aromatic N) is 6. The first kappa shape index (κ1) is 14.2. The molecule has 7 nitrogen and oxygen atoms in total. The van der Waals surface area contributed by atoms with Crippen molar-refractivity contribution in [1.82, 2.24) is 20.2 Å². The molecule has 0 N–H and O–H groups in total. The number of amides is 1. The van der Waals surface area contributed by atoms with E-state index in [4.69, 9.17) is 0 Å². The van der Waals surface area contributed by atoms with E-state index in [0.717, 1.165) is 43.1 Å². The topological polar surface area (TPSA) is 67.2 Å². The maximum Gasteiger partial charge on any atom is 0.250 e. The molecule has 2 aromatic rings. The van der Waals surface area contributed by atoms with Crippen molar-refractivity contribution in [3.05, 3.63) is 24.3 Å². The van der Waals surface area contributed by atoms with Gasteiger partial charge in [0.1, 0.15) is 0 Å². The highest BCUT2D eigenvalue weighted by Gasteiger charge is 2.44. The molecule has 1 fully saturated rings. The highest BCUT2D eigenvalue weighted by Crippen LogP contribution is 2.45. The summed E-state index contributed by atoms with van der Waals surface area (Å²) >= 11 is 0. The molecule has 1 aliphatic carbocycles. The summed E-state index contributed by atoms with van der Waals surface area (Å²) in [6.45, 7) is 5.29. The molecule has 0 atom stereocenters. The molecule has 1 aliphatic heterocycles. The van der Waals surface area contributed by atoms with Gasteiger partial charge in [-0.3, -0.25) is 4.79 Å². The Balaban J connectivity index is 1.82. The molecule has 1 saturated carbocycles. The van der Waals surface area contributed by atoms with Crippen LogP contribution in [-0.4, -0.2) is 39.2 Å². The lowest BCUT2D eigenvalue weighted by Crippen LogP contribution is -2.28. The zero-order valence-electron chi connectivity index (χ0n) is 13.4. The van der Waals surface area contributed by atoms with Crippen molar-refractivity contribution in [3.8, 4) is 0 Å². The van der Waals surface area contributed by atoms with Crippen molar-refractivity contribution >= 4 is 23.2 Å². The maximum absolute atomic E-state index is 12.0. The normalized spacial score (nSPS) is 19.2. The van der Waals surface area contributed by atoms with Gasteiger partial charge in [0.2, 0.25) is 5.91 Å². The molecule has 2 aliphatic rings. The van der Waals surface area contributed by atoms with Gasteiger partial charge in [-0.2, -0.15) is 0 Å². The predicted octanol–water partition coefficient (Wildman–Crippen LogP) is 2.08. The van der Waals surface area contributed by atoms with Crippen LogP contribution in [0.5, 0.6) is 0 Å². The summed E-state index contributed by atoms with van der Waals surface area (Å²) < 4.78 is 1.94. The number of benzene rings is 1. The fourth-order valence-corrected chi connectivity index (χ4v) is 3.18. The number of aromatic nitrogens is 4. The fraction of sp³-hybridized carbons (Fsp3) is 0.500. The standard InChI is InChI=1S/C16H20N6O/c1-12(23)20-10-5-11-21(14-7-4-3-6-13(14)20)15-17-18-19-22(15)16(2)8-9-16/h3-4,6-7H,5,8-11H2,1-2H3. The van der Waals surface area contributed by atoms with Crippen LogP contribution in [0, 0.1) is 0 Å². The summed E-state index contributed by atoms with van der Waals surface area (Å²) in [4.78, 5) is 16.0. The zero-order chi connectivity index (χ0) is 16.0. The van der Waals surface area contributed by atoms with Crippen LogP contribution in [0.2, 0.25) is 0 Å². The molecular weight excluding hydrogens is 292 g/mol. The molecule has 0 unspecified atom stereocenters. The Labute approximate surface area is 134 Å². The number of carbonyl (C=O) groups excluding carboxylic acids is 1. The minimum absolute atomic E-state index is 0.0281. The van der Waals surface area contributed by atoms with Crippen LogP contribution >= 0.6 is 0 Å². The first-order chi connectivity index (χ1) is 11.1. The van der Waals surface area contributed by atoms with Crippen molar-refractivity contribution in [3.63, 3.8) is 0 Å². The van der Waals surface area contributed by atoms with Crippen LogP contribution in [0.4, 0.5) is 17.3 Å². The second-order valence-electron chi connectivity index (χ2n) is 6.55. The summed E-state index contributed by atoms with van der Waals surface area (Å²) in [6.07, 6.45) is 3.07. The summed E-state index contributed by atoms with van der Waals surface area (Å²) in [5, 5.41) is 12.4. The van der Waals surface area contributed by atoms with Crippen molar-refractivity contribution in [1.29, 1.82) is 0 Å². The molecule has 7 heteroatoms. The van der Waals surface area contributed by atoms with E-state index in [-0.39, 0.29) is 11.4 Å². The Morgan fingerprint density at radius 2 is 1.91 bits per heavy atom. The van der Waals surface area contributed by atoms with E-state index in [1.54, 1.807) is 6.92 Å². The smallest absolute Gasteiger partial charge is 0.250 e. The van der Waals surface area contributed by atoms with Crippen LogP contribution in [0.25, 0.3) is 0 Å². The lowest BCUT2D eigenvalue weighted by Gasteiger charge is -2.26. The Bertz CT molecular complexity index is 751. The van der Waals surface area contributed by atoms with Gasteiger partial charge < -0.3 is 9.80 Å². The van der Waals surface area contributed by atoms with Gasteiger partial charge in [-0.05, 0) is 48.7 Å². The SMILES string of the molecule is CC(=O)N1CCCN(c2nnnn2C2(C)CC2)c2ccccc21. The molecule has 0 radical (unpaired) electrons. The largest absolute Gasteiger partial charge is 0.311 e. The number of hydrogen-bond donors (Lipinski definition) is 0.